The molecule has 3 heteroatoms. The predicted molar refractivity (Wildman–Crippen MR) is 306 cm³/mol. The monoisotopic (exact) mass is 993 g/mol. The van der Waals surface area contributed by atoms with Crippen LogP contribution in [0.1, 0.15) is 320 Å². The van der Waals surface area contributed by atoms with Gasteiger partial charge >= 0.3 is 166 Å². The van der Waals surface area contributed by atoms with E-state index in [4.69, 9.17) is 0 Å². The fraction of sp³-hybridized carbons (Fsp3) is 0.758. The zero-order chi connectivity index (χ0) is 49.5. The Bertz CT molecular complexity index is 1510. The molecule has 0 unspecified atom stereocenters. The summed E-state index contributed by atoms with van der Waals surface area (Å²) in [7, 11) is 0. The first kappa shape index (κ1) is 63.1. The molecule has 2 nitrogen and oxygen atoms in total. The molecule has 1 heterocycles. The molecule has 0 bridgehead atoms. The fourth-order valence-electron chi connectivity index (χ4n) is 10.0. The third kappa shape index (κ3) is 33.4. The van der Waals surface area contributed by atoms with Gasteiger partial charge in [-0.05, 0) is 73.9 Å². The van der Waals surface area contributed by atoms with Gasteiger partial charge in [0.25, 0.3) is 0 Å². The molecule has 3 rings (SSSR count). The number of unbranched alkanes of at least 4 members (excludes halogenated alkanes) is 35. The first-order valence-corrected chi connectivity index (χ1v) is 32.1. The maximum atomic E-state index is 11.5. The van der Waals surface area contributed by atoms with E-state index in [1.165, 1.54) is 276 Å². The molecule has 69 heavy (non-hydrogen) atoms. The van der Waals surface area contributed by atoms with Crippen LogP contribution in [0.4, 0.5) is 0 Å². The van der Waals surface area contributed by atoms with Crippen LogP contribution in [0.2, 0.25) is 10.8 Å². The van der Waals surface area contributed by atoms with E-state index < -0.39 is 0 Å². The van der Waals surface area contributed by atoms with Crippen LogP contribution in [-0.2, 0) is 27.3 Å². The van der Waals surface area contributed by atoms with Crippen molar-refractivity contribution in [2.75, 3.05) is 0 Å². The fourth-order valence-corrected chi connectivity index (χ4v) is 11.3. The van der Waals surface area contributed by atoms with Gasteiger partial charge in [0.05, 0.1) is 0 Å². The molecule has 1 aliphatic rings. The van der Waals surface area contributed by atoms with Gasteiger partial charge < -0.3 is 5.53 Å². The normalized spacial score (nSPS) is 12.6. The van der Waals surface area contributed by atoms with Gasteiger partial charge in [0.2, 0.25) is 11.4 Å². The van der Waals surface area contributed by atoms with Gasteiger partial charge in [-0.2, -0.15) is 0 Å². The molecule has 0 N–H and O–H groups in total. The molecule has 0 aromatic heterocycles. The Morgan fingerprint density at radius 1 is 0.348 bits per heavy atom. The molecule has 1 aliphatic heterocycles. The van der Waals surface area contributed by atoms with Crippen LogP contribution in [0, 0.1) is 0 Å². The van der Waals surface area contributed by atoms with Gasteiger partial charge in [0.15, 0.2) is 0 Å². The van der Waals surface area contributed by atoms with Crippen LogP contribution in [0.25, 0.3) is 16.9 Å². The summed E-state index contributed by atoms with van der Waals surface area (Å²) >= 11 is 2.04. The van der Waals surface area contributed by atoms with E-state index in [2.05, 4.69) is 89.2 Å². The van der Waals surface area contributed by atoms with E-state index in [-0.39, 0.29) is 0 Å². The summed E-state index contributed by atoms with van der Waals surface area (Å²) in [5.41, 5.74) is 19.6. The van der Waals surface area contributed by atoms with Crippen molar-refractivity contribution in [3.05, 3.63) is 88.0 Å². The van der Waals surface area contributed by atoms with Crippen molar-refractivity contribution in [3.63, 3.8) is 0 Å². The molecule has 0 amide bonds. The Kier molecular flexibility index (Phi) is 43.0. The minimum atomic E-state index is 0.914. The van der Waals surface area contributed by atoms with Crippen molar-refractivity contribution in [1.82, 2.24) is 0 Å². The van der Waals surface area contributed by atoms with E-state index in [0.717, 1.165) is 54.6 Å². The molecule has 0 spiro atoms. The minimum absolute atomic E-state index is 0.914. The van der Waals surface area contributed by atoms with Gasteiger partial charge in [-0.1, -0.05) is 155 Å². The smallest absolute Gasteiger partial charge is 0.493 e. The second-order valence-electron chi connectivity index (χ2n) is 21.2. The van der Waals surface area contributed by atoms with E-state index in [1.807, 2.05) is 14.4 Å². The zero-order valence-electron chi connectivity index (χ0n) is 46.7. The van der Waals surface area contributed by atoms with Crippen LogP contribution in [-0.4, -0.2) is 4.70 Å². The summed E-state index contributed by atoms with van der Waals surface area (Å²) in [6.07, 6.45) is 61.8. The van der Waals surface area contributed by atoms with Crippen LogP contribution >= 0.6 is 0 Å². The Morgan fingerprint density at radius 2 is 0.667 bits per heavy atom. The molecule has 0 saturated carbocycles. The van der Waals surface area contributed by atoms with Crippen LogP contribution in [0.5, 0.6) is 0 Å². The second kappa shape index (κ2) is 47.0. The topological polar surface area (TPSA) is 25.3 Å². The number of hydrogen-bond acceptors (Lipinski definition) is 0. The molecule has 0 saturated heterocycles. The summed E-state index contributed by atoms with van der Waals surface area (Å²) in [4.78, 5) is 0. The molecule has 2 aromatic carbocycles. The van der Waals surface area contributed by atoms with Crippen molar-refractivity contribution in [1.29, 1.82) is 0 Å². The van der Waals surface area contributed by atoms with Crippen molar-refractivity contribution in [2.24, 2.45) is 0 Å². The number of rotatable bonds is 47. The summed E-state index contributed by atoms with van der Waals surface area (Å²) in [5, 5.41) is 2.87. The summed E-state index contributed by atoms with van der Waals surface area (Å²) in [6.45, 7) is 11.4. The SMILES string of the molecule is CCCCCCCCCCCCCC[CH2][Ni][CH2]CCCCCCCCCCCCCC.CCCCCCCCc1cccc(C2=CC(CCCC)=C(c3cccc(CCCCCCCC)c3)[N+]2=[N-])c1. The van der Waals surface area contributed by atoms with Gasteiger partial charge in [-0.15, -0.1) is 0 Å². The maximum absolute atomic E-state index is 11.5. The molecular formula is C66H114N2Ni. The van der Waals surface area contributed by atoms with Gasteiger partial charge in [-0.3, -0.25) is 0 Å². The minimum Gasteiger partial charge on any atom is -0.493 e. The van der Waals surface area contributed by atoms with Gasteiger partial charge in [0.1, 0.15) is 0 Å². The summed E-state index contributed by atoms with van der Waals surface area (Å²) in [5.74, 6) is 0. The average molecular weight is 994 g/mol. The molecule has 0 fully saturated rings. The van der Waals surface area contributed by atoms with E-state index in [1.54, 1.807) is 0 Å². The Labute approximate surface area is 437 Å². The van der Waals surface area contributed by atoms with Crippen LogP contribution < -0.4 is 0 Å². The number of allylic oxidation sites excluding steroid dienone is 2. The van der Waals surface area contributed by atoms with Crippen molar-refractivity contribution in [3.8, 4) is 0 Å². The number of aryl methyl sites for hydroxylation is 2. The molecule has 2 aromatic rings. The van der Waals surface area contributed by atoms with Crippen LogP contribution in [0.15, 0.2) is 60.2 Å². The third-order valence-electron chi connectivity index (χ3n) is 14.6. The second-order valence-corrected chi connectivity index (χ2v) is 22.7. The Hall–Kier alpha value is -1.99. The zero-order valence-corrected chi connectivity index (χ0v) is 47.7. The molecular weight excluding hydrogens is 879 g/mol. The number of hydrogen-bond donors (Lipinski definition) is 0. The van der Waals surface area contributed by atoms with Crippen molar-refractivity contribution in [2.45, 2.75) is 321 Å². The van der Waals surface area contributed by atoms with Gasteiger partial charge in [0, 0.05) is 22.8 Å². The molecule has 398 valence electrons. The number of nitrogens with zero attached hydrogens (tertiary/aromatic N) is 2. The first-order valence-electron chi connectivity index (χ1n) is 30.7. The average Bonchev–Trinajstić information content (AvgIpc) is 3.70. The predicted octanol–water partition coefficient (Wildman–Crippen LogP) is 23.6. The van der Waals surface area contributed by atoms with Crippen LogP contribution in [0.3, 0.4) is 0 Å². The van der Waals surface area contributed by atoms with E-state index in [9.17, 15) is 5.53 Å². The van der Waals surface area contributed by atoms with Crippen molar-refractivity contribution < 1.29 is 19.1 Å². The Morgan fingerprint density at radius 3 is 1.04 bits per heavy atom. The molecule has 0 radical (unpaired) electrons. The van der Waals surface area contributed by atoms with E-state index in [0.29, 0.717) is 0 Å². The molecule has 0 atom stereocenters. The quantitative estimate of drug-likeness (QED) is 0.0359. The summed E-state index contributed by atoms with van der Waals surface area (Å²) < 4.78 is 1.47. The first-order chi connectivity index (χ1) is 34.1. The van der Waals surface area contributed by atoms with Gasteiger partial charge in [-0.25, -0.2) is 4.70 Å². The summed E-state index contributed by atoms with van der Waals surface area (Å²) in [6, 6.07) is 17.7. The Balaban J connectivity index is 0.000000485. The van der Waals surface area contributed by atoms with E-state index >= 15 is 0 Å². The number of benzene rings is 2. The standard InChI is InChI=1S/C36H52N2.2C15H31.Ni/c1-4-7-10-12-14-16-20-30-22-18-25-32(27-30)35-29-34(24-9-6-3)36(38(35)37)33-26-19-23-31(28-33)21-17-15-13-11-8-5-2;2*1-3-5-7-9-11-13-15-14-12-10-8-6-4-2;/h18-19,22-23,25-29H,4-17,20-21,24H2,1-3H3;2*1,3-15H2,2H3;. The molecule has 0 aliphatic carbocycles. The van der Waals surface area contributed by atoms with Crippen molar-refractivity contribution >= 4 is 11.4 Å². The third-order valence-corrected chi connectivity index (χ3v) is 16.0.